The number of aryl methyl sites for hydroxylation is 4. The van der Waals surface area contributed by atoms with Crippen molar-refractivity contribution in [3.05, 3.63) is 64.2 Å². The third-order valence-electron chi connectivity index (χ3n) is 3.23. The molecule has 0 aliphatic heterocycles. The van der Waals surface area contributed by atoms with Crippen molar-refractivity contribution in [3.8, 4) is 0 Å². The van der Waals surface area contributed by atoms with Gasteiger partial charge in [0.05, 0.1) is 0 Å². The number of nitrogens with one attached hydrogen (secondary N) is 1. The van der Waals surface area contributed by atoms with Crippen LogP contribution in [0.3, 0.4) is 0 Å². The highest BCUT2D eigenvalue weighted by Crippen LogP contribution is 2.22. The summed E-state index contributed by atoms with van der Waals surface area (Å²) in [6.07, 6.45) is 0. The molecule has 0 bridgehead atoms. The first-order chi connectivity index (χ1) is 8.97. The summed E-state index contributed by atoms with van der Waals surface area (Å²) in [5, 5.41) is 3.37. The lowest BCUT2D eigenvalue weighted by atomic mass is 10.0. The molecule has 0 fully saturated rings. The van der Waals surface area contributed by atoms with E-state index in [0.29, 0.717) is 0 Å². The van der Waals surface area contributed by atoms with Crippen LogP contribution in [-0.2, 0) is 0 Å². The highest BCUT2D eigenvalue weighted by atomic mass is 32.1. The van der Waals surface area contributed by atoms with Crippen molar-refractivity contribution < 1.29 is 0 Å². The highest BCUT2D eigenvalue weighted by molar-refractivity contribution is 7.81. The van der Waals surface area contributed by atoms with Crippen molar-refractivity contribution in [2.24, 2.45) is 0 Å². The number of hydrogen-bond donors (Lipinski definition) is 1. The molecule has 0 spiro atoms. The van der Waals surface area contributed by atoms with Gasteiger partial charge < -0.3 is 5.32 Å². The highest BCUT2D eigenvalue weighted by Gasteiger charge is 2.07. The molecule has 0 saturated heterocycles. The minimum absolute atomic E-state index is 0.773. The molecule has 0 heterocycles. The van der Waals surface area contributed by atoms with Crippen LogP contribution in [0, 0.1) is 27.7 Å². The van der Waals surface area contributed by atoms with Crippen molar-refractivity contribution in [2.45, 2.75) is 27.7 Å². The van der Waals surface area contributed by atoms with Gasteiger partial charge >= 0.3 is 0 Å². The summed E-state index contributed by atoms with van der Waals surface area (Å²) in [5.74, 6) is 0. The van der Waals surface area contributed by atoms with E-state index in [-0.39, 0.29) is 0 Å². The van der Waals surface area contributed by atoms with Gasteiger partial charge in [0.2, 0.25) is 0 Å². The van der Waals surface area contributed by atoms with E-state index in [4.69, 9.17) is 12.2 Å². The van der Waals surface area contributed by atoms with Gasteiger partial charge in [-0.2, -0.15) is 0 Å². The van der Waals surface area contributed by atoms with Gasteiger partial charge in [-0.1, -0.05) is 59.7 Å². The number of thiocarbonyl (C=S) groups is 1. The zero-order valence-corrected chi connectivity index (χ0v) is 12.7. The Labute approximate surface area is 120 Å². The molecule has 0 aliphatic rings. The molecule has 2 rings (SSSR count). The smallest absolute Gasteiger partial charge is 0.110 e. The lowest BCUT2D eigenvalue weighted by Gasteiger charge is -2.14. The topological polar surface area (TPSA) is 12.0 Å². The maximum absolute atomic E-state index is 5.49. The van der Waals surface area contributed by atoms with Crippen molar-refractivity contribution in [3.63, 3.8) is 0 Å². The largest absolute Gasteiger partial charge is 0.346 e. The molecule has 98 valence electrons. The van der Waals surface area contributed by atoms with Crippen LogP contribution in [-0.4, -0.2) is 4.99 Å². The Morgan fingerprint density at radius 1 is 0.842 bits per heavy atom. The SMILES string of the molecule is Cc1ccc(C(=S)Nc2c(C)cc(C)cc2C)cc1. The summed E-state index contributed by atoms with van der Waals surface area (Å²) in [4.78, 5) is 0.773. The number of benzene rings is 2. The molecular formula is C17H19NS. The van der Waals surface area contributed by atoms with Crippen LogP contribution in [0.2, 0.25) is 0 Å². The fraction of sp³-hybridized carbons (Fsp3) is 0.235. The maximum atomic E-state index is 5.49. The Hall–Kier alpha value is -1.67. The summed E-state index contributed by atoms with van der Waals surface area (Å²) >= 11 is 5.49. The van der Waals surface area contributed by atoms with E-state index in [2.05, 4.69) is 69.4 Å². The maximum Gasteiger partial charge on any atom is 0.110 e. The van der Waals surface area contributed by atoms with E-state index < -0.39 is 0 Å². The van der Waals surface area contributed by atoms with Crippen molar-refractivity contribution in [1.82, 2.24) is 0 Å². The number of hydrogen-bond acceptors (Lipinski definition) is 1. The zero-order chi connectivity index (χ0) is 14.0. The minimum atomic E-state index is 0.773. The lowest BCUT2D eigenvalue weighted by Crippen LogP contribution is -2.12. The Morgan fingerprint density at radius 3 is 1.89 bits per heavy atom. The summed E-state index contributed by atoms with van der Waals surface area (Å²) in [6.45, 7) is 8.41. The Kier molecular flexibility index (Phi) is 4.01. The molecule has 1 N–H and O–H groups in total. The van der Waals surface area contributed by atoms with Crippen LogP contribution in [0.5, 0.6) is 0 Å². The molecule has 0 saturated carbocycles. The predicted octanol–water partition coefficient (Wildman–Crippen LogP) is 4.71. The van der Waals surface area contributed by atoms with Gasteiger partial charge in [0.1, 0.15) is 4.99 Å². The van der Waals surface area contributed by atoms with E-state index in [1.165, 1.54) is 22.3 Å². The van der Waals surface area contributed by atoms with Crippen LogP contribution in [0.1, 0.15) is 27.8 Å². The molecule has 0 atom stereocenters. The molecule has 0 aliphatic carbocycles. The van der Waals surface area contributed by atoms with Gasteiger partial charge in [0.25, 0.3) is 0 Å². The van der Waals surface area contributed by atoms with Crippen molar-refractivity contribution >= 4 is 22.9 Å². The van der Waals surface area contributed by atoms with Gasteiger partial charge in [-0.25, -0.2) is 0 Å². The molecule has 0 radical (unpaired) electrons. The molecule has 1 nitrogen and oxygen atoms in total. The molecule has 2 aromatic rings. The minimum Gasteiger partial charge on any atom is -0.346 e. The quantitative estimate of drug-likeness (QED) is 0.793. The molecule has 2 aromatic carbocycles. The van der Waals surface area contributed by atoms with Gasteiger partial charge in [-0.05, 0) is 38.8 Å². The monoisotopic (exact) mass is 269 g/mol. The number of anilines is 1. The summed E-state index contributed by atoms with van der Waals surface area (Å²) < 4.78 is 0. The Balaban J connectivity index is 2.26. The molecule has 0 aromatic heterocycles. The van der Waals surface area contributed by atoms with Gasteiger partial charge in [0.15, 0.2) is 0 Å². The second-order valence-corrected chi connectivity index (χ2v) is 5.50. The first-order valence-corrected chi connectivity index (χ1v) is 6.84. The second kappa shape index (κ2) is 5.54. The molecule has 0 unspecified atom stereocenters. The predicted molar refractivity (Wildman–Crippen MR) is 87.2 cm³/mol. The van der Waals surface area contributed by atoms with Gasteiger partial charge in [0, 0.05) is 11.3 Å². The third-order valence-corrected chi connectivity index (χ3v) is 3.57. The molecule has 2 heteroatoms. The van der Waals surface area contributed by atoms with E-state index >= 15 is 0 Å². The standard InChI is InChI=1S/C17H19NS/c1-11-5-7-15(8-6-11)17(19)18-16-13(3)9-12(2)10-14(16)4/h5-10H,1-4H3,(H,18,19). The van der Waals surface area contributed by atoms with Crippen LogP contribution < -0.4 is 5.32 Å². The van der Waals surface area contributed by atoms with Crippen LogP contribution in [0.25, 0.3) is 0 Å². The summed E-state index contributed by atoms with van der Waals surface area (Å²) in [5.41, 5.74) is 7.16. The average molecular weight is 269 g/mol. The average Bonchev–Trinajstić information content (AvgIpc) is 2.34. The van der Waals surface area contributed by atoms with E-state index in [1.807, 2.05) is 0 Å². The third kappa shape index (κ3) is 3.21. The summed E-state index contributed by atoms with van der Waals surface area (Å²) in [6, 6.07) is 12.6. The Bertz CT molecular complexity index is 589. The van der Waals surface area contributed by atoms with Crippen molar-refractivity contribution in [1.29, 1.82) is 0 Å². The lowest BCUT2D eigenvalue weighted by molar-refractivity contribution is 1.32. The van der Waals surface area contributed by atoms with Crippen molar-refractivity contribution in [2.75, 3.05) is 5.32 Å². The molecular weight excluding hydrogens is 250 g/mol. The van der Waals surface area contributed by atoms with Crippen LogP contribution in [0.4, 0.5) is 5.69 Å². The number of rotatable bonds is 2. The first-order valence-electron chi connectivity index (χ1n) is 6.43. The van der Waals surface area contributed by atoms with Gasteiger partial charge in [-0.3, -0.25) is 0 Å². The van der Waals surface area contributed by atoms with Gasteiger partial charge in [-0.15, -0.1) is 0 Å². The second-order valence-electron chi connectivity index (χ2n) is 5.09. The first kappa shape index (κ1) is 13.8. The van der Waals surface area contributed by atoms with E-state index in [0.717, 1.165) is 16.2 Å². The zero-order valence-electron chi connectivity index (χ0n) is 11.9. The molecule has 0 amide bonds. The molecule has 19 heavy (non-hydrogen) atoms. The Morgan fingerprint density at radius 2 is 1.37 bits per heavy atom. The van der Waals surface area contributed by atoms with Crippen LogP contribution in [0.15, 0.2) is 36.4 Å². The van der Waals surface area contributed by atoms with E-state index in [9.17, 15) is 0 Å². The van der Waals surface area contributed by atoms with Crippen LogP contribution >= 0.6 is 12.2 Å². The fourth-order valence-electron chi connectivity index (χ4n) is 2.27. The normalized spacial score (nSPS) is 10.3. The van der Waals surface area contributed by atoms with E-state index in [1.54, 1.807) is 0 Å². The summed E-state index contributed by atoms with van der Waals surface area (Å²) in [7, 11) is 0. The fourth-order valence-corrected chi connectivity index (χ4v) is 2.51.